The van der Waals surface area contributed by atoms with Gasteiger partial charge in [-0.15, -0.1) is 0 Å². The highest BCUT2D eigenvalue weighted by atomic mass is 19.4. The van der Waals surface area contributed by atoms with E-state index in [1.54, 1.807) is 0 Å². The number of ether oxygens (including phenoxy) is 3. The normalized spacial score (nSPS) is 26.6. The van der Waals surface area contributed by atoms with Crippen molar-refractivity contribution in [2.24, 2.45) is 5.92 Å². The number of alkyl halides is 3. The number of anilines is 1. The number of aryl methyl sites for hydroxylation is 1. The highest BCUT2D eigenvalue weighted by molar-refractivity contribution is 5.95. The molecule has 0 saturated carbocycles. The van der Waals surface area contributed by atoms with E-state index in [4.69, 9.17) is 18.7 Å². The Kier molecular flexibility index (Phi) is 7.26. The van der Waals surface area contributed by atoms with Crippen molar-refractivity contribution in [1.82, 2.24) is 10.5 Å². The molecule has 4 atom stereocenters. The largest absolute Gasteiger partial charge is 0.489 e. The number of carbonyl (C=O) groups excluding carboxylic acids is 1. The second-order valence-corrected chi connectivity index (χ2v) is 9.08. The highest BCUT2D eigenvalue weighted by Gasteiger charge is 2.66. The zero-order valence-electron chi connectivity index (χ0n) is 19.7. The minimum absolute atomic E-state index is 0.0981. The summed E-state index contributed by atoms with van der Waals surface area (Å²) in [6.45, 7) is 4.78. The van der Waals surface area contributed by atoms with Crippen molar-refractivity contribution < 1.29 is 45.5 Å². The molecule has 13 heteroatoms. The third kappa shape index (κ3) is 4.78. The lowest BCUT2D eigenvalue weighted by molar-refractivity contribution is -0.272. The average molecular weight is 519 g/mol. The quantitative estimate of drug-likeness (QED) is 0.406. The Morgan fingerprint density at radius 1 is 1.28 bits per heavy atom. The molecule has 36 heavy (non-hydrogen) atoms. The van der Waals surface area contributed by atoms with Gasteiger partial charge >= 0.3 is 6.18 Å². The van der Waals surface area contributed by atoms with Crippen LogP contribution in [0.25, 0.3) is 0 Å². The molecule has 198 valence electrons. The maximum absolute atomic E-state index is 14.9. The number of hydrogen-bond donors (Lipinski definition) is 2. The first kappa shape index (κ1) is 26.3. The number of hydrogen-bond acceptors (Lipinski definition) is 7. The number of aromatic nitrogens is 1. The lowest BCUT2D eigenvalue weighted by atomic mass is 9.77. The van der Waals surface area contributed by atoms with Crippen LogP contribution in [-0.4, -0.2) is 61.4 Å². The molecule has 0 aliphatic carbocycles. The van der Waals surface area contributed by atoms with Crippen LogP contribution in [0.1, 0.15) is 31.0 Å². The molecule has 0 spiro atoms. The van der Waals surface area contributed by atoms with Gasteiger partial charge in [0.05, 0.1) is 19.3 Å². The summed E-state index contributed by atoms with van der Waals surface area (Å²) in [7, 11) is 0. The van der Waals surface area contributed by atoms with Gasteiger partial charge in [-0.3, -0.25) is 4.79 Å². The van der Waals surface area contributed by atoms with Gasteiger partial charge in [-0.05, 0) is 19.9 Å². The number of carbonyl (C=O) groups is 1. The summed E-state index contributed by atoms with van der Waals surface area (Å²) in [6.07, 6.45) is -5.45. The molecule has 3 heterocycles. The zero-order chi connectivity index (χ0) is 26.3. The number of rotatable bonds is 8. The van der Waals surface area contributed by atoms with Crippen molar-refractivity contribution >= 4 is 11.6 Å². The molecular weight excluding hydrogens is 493 g/mol. The monoisotopic (exact) mass is 519 g/mol. The van der Waals surface area contributed by atoms with E-state index in [9.17, 15) is 26.7 Å². The maximum Gasteiger partial charge on any atom is 0.417 e. The summed E-state index contributed by atoms with van der Waals surface area (Å²) in [6, 6.07) is 2.02. The summed E-state index contributed by atoms with van der Waals surface area (Å²) in [5, 5.41) is 9.16. The van der Waals surface area contributed by atoms with Gasteiger partial charge in [0, 0.05) is 23.9 Å². The third-order valence-corrected chi connectivity index (χ3v) is 6.79. The van der Waals surface area contributed by atoms with E-state index in [0.29, 0.717) is 18.9 Å². The van der Waals surface area contributed by atoms with Crippen LogP contribution in [0.5, 0.6) is 5.75 Å². The van der Waals surface area contributed by atoms with Crippen LogP contribution in [-0.2, 0) is 14.3 Å². The topological polar surface area (TPSA) is 94.9 Å². The van der Waals surface area contributed by atoms with Crippen LogP contribution in [0.3, 0.4) is 0 Å². The van der Waals surface area contributed by atoms with E-state index in [2.05, 4.69) is 15.8 Å². The van der Waals surface area contributed by atoms with Crippen LogP contribution in [0.2, 0.25) is 0 Å². The van der Waals surface area contributed by atoms with E-state index in [-0.39, 0.29) is 30.4 Å². The van der Waals surface area contributed by atoms with Gasteiger partial charge in [0.25, 0.3) is 5.91 Å². The molecule has 1 amide bonds. The second-order valence-electron chi connectivity index (χ2n) is 9.08. The molecule has 2 fully saturated rings. The van der Waals surface area contributed by atoms with Gasteiger partial charge in [-0.25, -0.2) is 4.39 Å². The fourth-order valence-corrected chi connectivity index (χ4v) is 4.37. The van der Waals surface area contributed by atoms with E-state index in [1.807, 2.05) is 0 Å². The van der Waals surface area contributed by atoms with Crippen molar-refractivity contribution in [3.63, 3.8) is 0 Å². The van der Waals surface area contributed by atoms with Crippen LogP contribution in [0.15, 0.2) is 22.9 Å². The Hall–Kier alpha value is -2.77. The fourth-order valence-electron chi connectivity index (χ4n) is 4.37. The lowest BCUT2D eigenvalue weighted by Crippen LogP contribution is -2.47. The third-order valence-electron chi connectivity index (χ3n) is 6.79. The number of nitrogens with one attached hydrogen (secondary N) is 2. The van der Waals surface area contributed by atoms with Crippen molar-refractivity contribution in [3.8, 4) is 5.75 Å². The van der Waals surface area contributed by atoms with Crippen molar-refractivity contribution in [1.29, 1.82) is 0 Å². The molecule has 0 bridgehead atoms. The lowest BCUT2D eigenvalue weighted by Gasteiger charge is -2.32. The summed E-state index contributed by atoms with van der Waals surface area (Å²) in [5.41, 5.74) is -2.42. The first-order chi connectivity index (χ1) is 16.9. The standard InChI is InChI=1S/C23H26F5N3O5/c1-11-17(14-4-5-15(24)18(25)19(14)34-7-6-29-13-8-33-9-13)20(36-22(11,3)23(26,27)28)21(32)30-16-10-35-31-12(16)2/h4-5,10-11,13,17,20,29H,6-9H2,1-3H3,(H,30,32)/t11-,17-,20+,22+/m0/s1. The summed E-state index contributed by atoms with van der Waals surface area (Å²) in [4.78, 5) is 13.1. The Labute approximate surface area is 203 Å². The van der Waals surface area contributed by atoms with Gasteiger partial charge in [0.1, 0.15) is 30.4 Å². The molecule has 8 nitrogen and oxygen atoms in total. The van der Waals surface area contributed by atoms with E-state index >= 15 is 0 Å². The molecule has 1 aromatic carbocycles. The minimum Gasteiger partial charge on any atom is -0.489 e. The Bertz CT molecular complexity index is 1110. The number of halogens is 5. The maximum atomic E-state index is 14.9. The average Bonchev–Trinajstić information content (AvgIpc) is 3.30. The Morgan fingerprint density at radius 3 is 2.58 bits per heavy atom. The van der Waals surface area contributed by atoms with Crippen LogP contribution < -0.4 is 15.4 Å². The molecule has 0 radical (unpaired) electrons. The van der Waals surface area contributed by atoms with Gasteiger partial charge in [0.2, 0.25) is 5.82 Å². The molecule has 2 aromatic rings. The number of benzene rings is 1. The van der Waals surface area contributed by atoms with Crippen LogP contribution >= 0.6 is 0 Å². The highest BCUT2D eigenvalue weighted by Crippen LogP contribution is 2.55. The molecule has 1 aromatic heterocycles. The van der Waals surface area contributed by atoms with Crippen molar-refractivity contribution in [3.05, 3.63) is 41.3 Å². The number of nitrogens with zero attached hydrogens (tertiary/aromatic N) is 1. The van der Waals surface area contributed by atoms with Crippen molar-refractivity contribution in [2.45, 2.75) is 50.6 Å². The zero-order valence-corrected chi connectivity index (χ0v) is 19.7. The predicted octanol–water partition coefficient (Wildman–Crippen LogP) is 3.71. The molecule has 2 N–H and O–H groups in total. The van der Waals surface area contributed by atoms with Gasteiger partial charge < -0.3 is 29.4 Å². The molecular formula is C23H26F5N3O5. The first-order valence-electron chi connectivity index (χ1n) is 11.3. The molecule has 2 saturated heterocycles. The Balaban J connectivity index is 1.67. The SMILES string of the molecule is Cc1nocc1NC(=O)[C@@H]1O[C@@](C)(C(F)(F)F)[C@@H](C)[C@H]1c1ccc(F)c(F)c1OCCNC1COC1. The van der Waals surface area contributed by atoms with Crippen molar-refractivity contribution in [2.75, 3.05) is 31.7 Å². The van der Waals surface area contributed by atoms with E-state index in [0.717, 1.165) is 25.3 Å². The summed E-state index contributed by atoms with van der Waals surface area (Å²) in [5.74, 6) is -6.77. The number of amides is 1. The molecule has 0 unspecified atom stereocenters. The summed E-state index contributed by atoms with van der Waals surface area (Å²) < 4.78 is 92.0. The van der Waals surface area contributed by atoms with Gasteiger partial charge in [0.15, 0.2) is 17.2 Å². The van der Waals surface area contributed by atoms with Gasteiger partial charge in [-0.1, -0.05) is 18.1 Å². The molecule has 2 aliphatic heterocycles. The first-order valence-corrected chi connectivity index (χ1v) is 11.3. The minimum atomic E-state index is -4.86. The molecule has 4 rings (SSSR count). The van der Waals surface area contributed by atoms with Crippen LogP contribution in [0.4, 0.5) is 27.6 Å². The van der Waals surface area contributed by atoms with Crippen LogP contribution in [0, 0.1) is 24.5 Å². The van der Waals surface area contributed by atoms with E-state index < -0.39 is 53.0 Å². The molecule has 2 aliphatic rings. The van der Waals surface area contributed by atoms with Gasteiger partial charge in [-0.2, -0.15) is 17.6 Å². The Morgan fingerprint density at radius 2 is 2.00 bits per heavy atom. The predicted molar refractivity (Wildman–Crippen MR) is 116 cm³/mol. The van der Waals surface area contributed by atoms with E-state index in [1.165, 1.54) is 13.8 Å². The smallest absolute Gasteiger partial charge is 0.417 e. The fraction of sp³-hybridized carbons (Fsp3) is 0.565. The second kappa shape index (κ2) is 9.94. The summed E-state index contributed by atoms with van der Waals surface area (Å²) >= 11 is 0.